The van der Waals surface area contributed by atoms with Crippen molar-refractivity contribution in [1.29, 1.82) is 0 Å². The van der Waals surface area contributed by atoms with E-state index in [-0.39, 0.29) is 24.6 Å². The molecule has 116 valence electrons. The third kappa shape index (κ3) is 2.64. The molecule has 1 aliphatic heterocycles. The molecule has 0 spiro atoms. The van der Waals surface area contributed by atoms with E-state index >= 15 is 0 Å². The average molecular weight is 292 g/mol. The van der Waals surface area contributed by atoms with Crippen molar-refractivity contribution < 1.29 is 9.53 Å². The molecule has 2 atom stereocenters. The summed E-state index contributed by atoms with van der Waals surface area (Å²) in [6, 6.07) is 0.245. The summed E-state index contributed by atoms with van der Waals surface area (Å²) in [6.07, 6.45) is 4.73. The number of ether oxygens (including phenoxy) is 1. The van der Waals surface area contributed by atoms with Gasteiger partial charge in [0.15, 0.2) is 0 Å². The Morgan fingerprint density at radius 2 is 2.14 bits per heavy atom. The molecular weight excluding hydrogens is 268 g/mol. The van der Waals surface area contributed by atoms with Crippen LogP contribution in [0, 0.1) is 13.8 Å². The van der Waals surface area contributed by atoms with Gasteiger partial charge in [-0.2, -0.15) is 5.10 Å². The summed E-state index contributed by atoms with van der Waals surface area (Å²) in [5.41, 5.74) is 8.28. The first-order valence-corrected chi connectivity index (χ1v) is 7.78. The van der Waals surface area contributed by atoms with Crippen molar-refractivity contribution in [3.05, 3.63) is 11.4 Å². The molecular formula is C15H24N4O2. The number of hydrogen-bond acceptors (Lipinski definition) is 4. The fourth-order valence-corrected chi connectivity index (χ4v) is 3.49. The number of amides is 1. The summed E-state index contributed by atoms with van der Waals surface area (Å²) in [5, 5.41) is 4.36. The van der Waals surface area contributed by atoms with Gasteiger partial charge in [0.1, 0.15) is 6.54 Å². The van der Waals surface area contributed by atoms with Crippen LogP contribution in [-0.4, -0.2) is 45.9 Å². The minimum Gasteiger partial charge on any atom is -0.396 e. The number of aromatic nitrogens is 2. The second-order valence-electron chi connectivity index (χ2n) is 6.09. The van der Waals surface area contributed by atoms with Gasteiger partial charge in [-0.3, -0.25) is 9.48 Å². The zero-order valence-electron chi connectivity index (χ0n) is 12.8. The van der Waals surface area contributed by atoms with Gasteiger partial charge < -0.3 is 15.4 Å². The second-order valence-corrected chi connectivity index (χ2v) is 6.09. The molecule has 1 amide bonds. The number of nitrogens with two attached hydrogens (primary N) is 1. The molecule has 2 N–H and O–H groups in total. The maximum absolute atomic E-state index is 12.7. The summed E-state index contributed by atoms with van der Waals surface area (Å²) >= 11 is 0. The molecule has 1 aromatic rings. The normalized spacial score (nSPS) is 25.7. The Hall–Kier alpha value is -1.56. The number of anilines is 1. The molecule has 6 heteroatoms. The van der Waals surface area contributed by atoms with Crippen molar-refractivity contribution in [3.63, 3.8) is 0 Å². The van der Waals surface area contributed by atoms with E-state index in [0.29, 0.717) is 18.8 Å². The number of nitrogens with zero attached hydrogens (tertiary/aromatic N) is 3. The van der Waals surface area contributed by atoms with Crippen LogP contribution in [0.15, 0.2) is 0 Å². The Labute approximate surface area is 125 Å². The summed E-state index contributed by atoms with van der Waals surface area (Å²) in [4.78, 5) is 14.7. The molecule has 0 aromatic carbocycles. The monoisotopic (exact) mass is 292 g/mol. The molecule has 0 radical (unpaired) electrons. The van der Waals surface area contributed by atoms with E-state index in [9.17, 15) is 4.79 Å². The largest absolute Gasteiger partial charge is 0.396 e. The van der Waals surface area contributed by atoms with Crippen LogP contribution in [0.25, 0.3) is 0 Å². The lowest BCUT2D eigenvalue weighted by Crippen LogP contribution is -2.55. The van der Waals surface area contributed by atoms with Crippen LogP contribution in [-0.2, 0) is 16.1 Å². The molecule has 2 aliphatic rings. The van der Waals surface area contributed by atoms with E-state index in [0.717, 1.165) is 24.2 Å². The Morgan fingerprint density at radius 1 is 1.38 bits per heavy atom. The van der Waals surface area contributed by atoms with Gasteiger partial charge in [-0.05, 0) is 26.7 Å². The molecule has 1 aromatic heterocycles. The Morgan fingerprint density at radius 3 is 2.86 bits per heavy atom. The summed E-state index contributed by atoms with van der Waals surface area (Å²) < 4.78 is 7.55. The second kappa shape index (κ2) is 5.67. The molecule has 1 saturated carbocycles. The summed E-state index contributed by atoms with van der Waals surface area (Å²) in [6.45, 7) is 5.38. The number of aryl methyl sites for hydroxylation is 1. The standard InChI is InChI=1S/C15H24N4O2/c1-10-15(16)11(2)19(17-10)9-14(20)18-7-8-21-13-6-4-3-5-12(13)18/h12-13H,3-9,16H2,1-2H3. The first kappa shape index (κ1) is 14.4. The number of carbonyl (C=O) groups excluding carboxylic acids is 1. The number of fused-ring (bicyclic) bond motifs is 1. The van der Waals surface area contributed by atoms with E-state index in [1.165, 1.54) is 12.8 Å². The zero-order valence-corrected chi connectivity index (χ0v) is 12.8. The van der Waals surface area contributed by atoms with Crippen molar-refractivity contribution in [2.75, 3.05) is 18.9 Å². The lowest BCUT2D eigenvalue weighted by Gasteiger charge is -2.43. The number of carbonyl (C=O) groups is 1. The molecule has 1 saturated heterocycles. The van der Waals surface area contributed by atoms with Gasteiger partial charge in [0.25, 0.3) is 0 Å². The Kier molecular flexibility index (Phi) is 3.89. The summed E-state index contributed by atoms with van der Waals surface area (Å²) in [7, 11) is 0. The van der Waals surface area contributed by atoms with Gasteiger partial charge in [-0.25, -0.2) is 0 Å². The highest BCUT2D eigenvalue weighted by Crippen LogP contribution is 2.28. The Balaban J connectivity index is 1.73. The fourth-order valence-electron chi connectivity index (χ4n) is 3.49. The van der Waals surface area contributed by atoms with Crippen LogP contribution in [0.3, 0.4) is 0 Å². The highest BCUT2D eigenvalue weighted by atomic mass is 16.5. The smallest absolute Gasteiger partial charge is 0.244 e. The minimum atomic E-state index is 0.126. The van der Waals surface area contributed by atoms with Crippen molar-refractivity contribution in [3.8, 4) is 0 Å². The fraction of sp³-hybridized carbons (Fsp3) is 0.733. The third-order valence-electron chi connectivity index (χ3n) is 4.77. The minimum absolute atomic E-state index is 0.126. The number of morpholine rings is 1. The van der Waals surface area contributed by atoms with Crippen LogP contribution < -0.4 is 5.73 Å². The van der Waals surface area contributed by atoms with E-state index in [2.05, 4.69) is 5.10 Å². The third-order valence-corrected chi connectivity index (χ3v) is 4.77. The predicted octanol–water partition coefficient (Wildman–Crippen LogP) is 1.25. The lowest BCUT2D eigenvalue weighted by atomic mass is 9.90. The van der Waals surface area contributed by atoms with Gasteiger partial charge in [-0.1, -0.05) is 12.8 Å². The average Bonchev–Trinajstić information content (AvgIpc) is 2.74. The van der Waals surface area contributed by atoms with Crippen LogP contribution in [0.4, 0.5) is 5.69 Å². The molecule has 3 rings (SSSR count). The zero-order chi connectivity index (χ0) is 15.0. The molecule has 2 heterocycles. The van der Waals surface area contributed by atoms with Crippen molar-refractivity contribution in [2.45, 2.75) is 58.2 Å². The molecule has 0 bridgehead atoms. The topological polar surface area (TPSA) is 73.4 Å². The predicted molar refractivity (Wildman–Crippen MR) is 79.8 cm³/mol. The van der Waals surface area contributed by atoms with Crippen LogP contribution in [0.1, 0.15) is 37.1 Å². The number of nitrogen functional groups attached to an aromatic ring is 1. The number of hydrogen-bond donors (Lipinski definition) is 1. The van der Waals surface area contributed by atoms with Crippen molar-refractivity contribution in [2.24, 2.45) is 0 Å². The van der Waals surface area contributed by atoms with Gasteiger partial charge in [-0.15, -0.1) is 0 Å². The lowest BCUT2D eigenvalue weighted by molar-refractivity contribution is -0.150. The van der Waals surface area contributed by atoms with Gasteiger partial charge in [0.05, 0.1) is 35.8 Å². The Bertz CT molecular complexity index is 538. The number of rotatable bonds is 2. The maximum Gasteiger partial charge on any atom is 0.244 e. The van der Waals surface area contributed by atoms with E-state index < -0.39 is 0 Å². The van der Waals surface area contributed by atoms with E-state index in [4.69, 9.17) is 10.5 Å². The first-order chi connectivity index (χ1) is 10.1. The van der Waals surface area contributed by atoms with Crippen molar-refractivity contribution >= 4 is 11.6 Å². The maximum atomic E-state index is 12.7. The van der Waals surface area contributed by atoms with Crippen LogP contribution >= 0.6 is 0 Å². The van der Waals surface area contributed by atoms with E-state index in [1.54, 1.807) is 4.68 Å². The van der Waals surface area contributed by atoms with Crippen LogP contribution in [0.5, 0.6) is 0 Å². The molecule has 2 fully saturated rings. The summed E-state index contributed by atoms with van der Waals surface area (Å²) in [5.74, 6) is 0.126. The van der Waals surface area contributed by atoms with Crippen molar-refractivity contribution in [1.82, 2.24) is 14.7 Å². The molecule has 6 nitrogen and oxygen atoms in total. The highest BCUT2D eigenvalue weighted by molar-refractivity contribution is 5.76. The van der Waals surface area contributed by atoms with Crippen LogP contribution in [0.2, 0.25) is 0 Å². The molecule has 1 aliphatic carbocycles. The molecule has 21 heavy (non-hydrogen) atoms. The van der Waals surface area contributed by atoms with Gasteiger partial charge >= 0.3 is 0 Å². The van der Waals surface area contributed by atoms with Gasteiger partial charge in [0.2, 0.25) is 5.91 Å². The highest BCUT2D eigenvalue weighted by Gasteiger charge is 2.36. The van der Waals surface area contributed by atoms with Gasteiger partial charge in [0, 0.05) is 6.54 Å². The SMILES string of the molecule is Cc1nn(CC(=O)N2CCOC3CCCCC32)c(C)c1N. The quantitative estimate of drug-likeness (QED) is 0.890. The molecule has 2 unspecified atom stereocenters. The first-order valence-electron chi connectivity index (χ1n) is 7.78. The van der Waals surface area contributed by atoms with E-state index in [1.807, 2.05) is 18.7 Å².